The Kier molecular flexibility index (Phi) is 2.44. The van der Waals surface area contributed by atoms with Gasteiger partial charge < -0.3 is 10.2 Å². The zero-order valence-corrected chi connectivity index (χ0v) is 5.02. The molecule has 7 heteroatoms. The Hall–Kier alpha value is -0.850. The Morgan fingerprint density at radius 2 is 1.64 bits per heavy atom. The predicted molar refractivity (Wildman–Crippen MR) is 24.6 cm³/mol. The summed E-state index contributed by atoms with van der Waals surface area (Å²) in [6.07, 6.45) is -5.59. The number of aliphatic hydroxyl groups is 1. The van der Waals surface area contributed by atoms with Crippen molar-refractivity contribution in [2.75, 3.05) is 6.61 Å². The first-order valence-electron chi connectivity index (χ1n) is 2.35. The molecule has 0 amide bonds. The first-order valence-corrected chi connectivity index (χ1v) is 2.35. The smallest absolute Gasteiger partial charge is 0.435 e. The van der Waals surface area contributed by atoms with E-state index >= 15 is 0 Å². The van der Waals surface area contributed by atoms with Crippen molar-refractivity contribution < 1.29 is 32.6 Å². The summed E-state index contributed by atoms with van der Waals surface area (Å²) in [6, 6.07) is 0. The Labute approximate surface area is 58.2 Å². The molecule has 0 aliphatic rings. The molecule has 66 valence electrons. The van der Waals surface area contributed by atoms with Crippen molar-refractivity contribution in [2.24, 2.45) is 0 Å². The molecule has 11 heavy (non-hydrogen) atoms. The van der Waals surface area contributed by atoms with Crippen LogP contribution >= 0.6 is 0 Å². The summed E-state index contributed by atoms with van der Waals surface area (Å²) >= 11 is 0. The molecule has 0 spiro atoms. The number of hydrogen-bond acceptors (Lipinski definition) is 2. The normalized spacial score (nSPS) is 17.5. The van der Waals surface area contributed by atoms with Crippen LogP contribution in [0, 0.1) is 0 Å². The molecule has 0 aromatic rings. The number of carboxylic acid groups (broad SMARTS) is 1. The summed E-state index contributed by atoms with van der Waals surface area (Å²) in [5.41, 5.74) is -4.55. The fourth-order valence-corrected chi connectivity index (χ4v) is 0.279. The van der Waals surface area contributed by atoms with Crippen LogP contribution in [0.4, 0.5) is 17.6 Å². The lowest BCUT2D eigenvalue weighted by atomic mass is 10.1. The molecule has 0 fully saturated rings. The van der Waals surface area contributed by atoms with E-state index in [-0.39, 0.29) is 0 Å². The summed E-state index contributed by atoms with van der Waals surface area (Å²) in [5, 5.41) is 15.5. The maximum atomic E-state index is 12.2. The van der Waals surface area contributed by atoms with Gasteiger partial charge in [0.1, 0.15) is 0 Å². The van der Waals surface area contributed by atoms with Gasteiger partial charge in [0.2, 0.25) is 0 Å². The van der Waals surface area contributed by atoms with Crippen LogP contribution in [0.15, 0.2) is 0 Å². The van der Waals surface area contributed by atoms with E-state index in [1.54, 1.807) is 0 Å². The van der Waals surface area contributed by atoms with Gasteiger partial charge in [0, 0.05) is 0 Å². The molecule has 0 saturated heterocycles. The highest BCUT2D eigenvalue weighted by Crippen LogP contribution is 2.33. The molecule has 0 heterocycles. The Morgan fingerprint density at radius 3 is 1.64 bits per heavy atom. The van der Waals surface area contributed by atoms with Gasteiger partial charge in [-0.3, -0.25) is 0 Å². The zero-order valence-electron chi connectivity index (χ0n) is 5.02. The minimum atomic E-state index is -5.59. The Morgan fingerprint density at radius 1 is 1.27 bits per heavy atom. The third-order valence-electron chi connectivity index (χ3n) is 1.01. The molecule has 0 rings (SSSR count). The number of rotatable bonds is 2. The summed E-state index contributed by atoms with van der Waals surface area (Å²) in [6.45, 7) is -2.12. The molecule has 0 aliphatic carbocycles. The summed E-state index contributed by atoms with van der Waals surface area (Å²) in [5.74, 6) is -2.74. The number of halogens is 4. The monoisotopic (exact) mass is 176 g/mol. The van der Waals surface area contributed by atoms with Crippen LogP contribution in [0.1, 0.15) is 0 Å². The standard InChI is InChI=1S/C4H4F4O3/c5-3(1-9,2(10)11)4(6,7)8/h9H,1H2,(H,10,11). The average Bonchev–Trinajstić information content (AvgIpc) is 1.83. The maximum absolute atomic E-state index is 12.2. The minimum Gasteiger partial charge on any atom is -0.479 e. The number of hydrogen-bond donors (Lipinski definition) is 2. The molecule has 3 nitrogen and oxygen atoms in total. The van der Waals surface area contributed by atoms with E-state index in [9.17, 15) is 22.4 Å². The molecule has 1 atom stereocenters. The fourth-order valence-electron chi connectivity index (χ4n) is 0.279. The van der Waals surface area contributed by atoms with Crippen LogP contribution in [0.25, 0.3) is 0 Å². The largest absolute Gasteiger partial charge is 0.479 e. The van der Waals surface area contributed by atoms with E-state index in [0.717, 1.165) is 0 Å². The summed E-state index contributed by atoms with van der Waals surface area (Å²) in [4.78, 5) is 9.64. The van der Waals surface area contributed by atoms with Gasteiger partial charge in [0.25, 0.3) is 0 Å². The summed E-state index contributed by atoms with van der Waals surface area (Å²) in [7, 11) is 0. The molecule has 0 radical (unpaired) electrons. The van der Waals surface area contributed by atoms with Crippen LogP contribution in [0.2, 0.25) is 0 Å². The van der Waals surface area contributed by atoms with Gasteiger partial charge in [0.05, 0.1) is 6.61 Å². The first-order chi connectivity index (χ1) is 4.75. The van der Waals surface area contributed by atoms with E-state index in [0.29, 0.717) is 0 Å². The molecule has 2 N–H and O–H groups in total. The second kappa shape index (κ2) is 2.65. The van der Waals surface area contributed by atoms with E-state index in [1.165, 1.54) is 0 Å². The van der Waals surface area contributed by atoms with Crippen molar-refractivity contribution in [1.29, 1.82) is 0 Å². The third kappa shape index (κ3) is 1.59. The molecule has 0 aliphatic heterocycles. The van der Waals surface area contributed by atoms with Gasteiger partial charge in [-0.25, -0.2) is 9.18 Å². The van der Waals surface area contributed by atoms with Crippen LogP contribution in [0.5, 0.6) is 0 Å². The topological polar surface area (TPSA) is 57.5 Å². The second-order valence-electron chi connectivity index (χ2n) is 1.76. The number of aliphatic hydroxyl groups excluding tert-OH is 1. The van der Waals surface area contributed by atoms with Crippen LogP contribution in [0.3, 0.4) is 0 Å². The lowest BCUT2D eigenvalue weighted by molar-refractivity contribution is -0.244. The van der Waals surface area contributed by atoms with Crippen molar-refractivity contribution in [3.05, 3.63) is 0 Å². The van der Waals surface area contributed by atoms with Crippen molar-refractivity contribution in [3.8, 4) is 0 Å². The van der Waals surface area contributed by atoms with Gasteiger partial charge in [-0.15, -0.1) is 0 Å². The second-order valence-corrected chi connectivity index (χ2v) is 1.76. The molecular formula is C4H4F4O3. The Balaban J connectivity index is 4.75. The van der Waals surface area contributed by atoms with Crippen molar-refractivity contribution in [1.82, 2.24) is 0 Å². The highest BCUT2D eigenvalue weighted by atomic mass is 19.4. The van der Waals surface area contributed by atoms with Gasteiger partial charge in [0.15, 0.2) is 0 Å². The summed E-state index contributed by atoms with van der Waals surface area (Å²) < 4.78 is 46.5. The van der Waals surface area contributed by atoms with Gasteiger partial charge in [-0.05, 0) is 0 Å². The number of carboxylic acids is 1. The van der Waals surface area contributed by atoms with Gasteiger partial charge >= 0.3 is 17.8 Å². The molecule has 0 aromatic carbocycles. The molecular weight excluding hydrogens is 172 g/mol. The van der Waals surface area contributed by atoms with Gasteiger partial charge in [-0.2, -0.15) is 13.2 Å². The number of alkyl halides is 4. The fraction of sp³-hybridized carbons (Fsp3) is 0.750. The average molecular weight is 176 g/mol. The van der Waals surface area contributed by atoms with Crippen LogP contribution in [-0.2, 0) is 4.79 Å². The van der Waals surface area contributed by atoms with E-state index in [2.05, 4.69) is 0 Å². The highest BCUT2D eigenvalue weighted by molar-refractivity contribution is 5.78. The highest BCUT2D eigenvalue weighted by Gasteiger charge is 2.62. The predicted octanol–water partition coefficient (Wildman–Crippen LogP) is 0.334. The van der Waals surface area contributed by atoms with Gasteiger partial charge in [-0.1, -0.05) is 0 Å². The molecule has 1 unspecified atom stereocenters. The van der Waals surface area contributed by atoms with E-state index in [1.807, 2.05) is 0 Å². The lowest BCUT2D eigenvalue weighted by Gasteiger charge is -2.20. The van der Waals surface area contributed by atoms with Crippen molar-refractivity contribution in [3.63, 3.8) is 0 Å². The zero-order chi connectivity index (χ0) is 9.28. The lowest BCUT2D eigenvalue weighted by Crippen LogP contribution is -2.51. The number of carbonyl (C=O) groups is 1. The third-order valence-corrected chi connectivity index (χ3v) is 1.01. The van der Waals surface area contributed by atoms with Crippen LogP contribution in [-0.4, -0.2) is 34.6 Å². The first kappa shape index (κ1) is 10.2. The van der Waals surface area contributed by atoms with Crippen molar-refractivity contribution in [2.45, 2.75) is 11.8 Å². The Bertz CT molecular complexity index is 165. The molecule has 0 bridgehead atoms. The maximum Gasteiger partial charge on any atom is 0.435 e. The van der Waals surface area contributed by atoms with Crippen molar-refractivity contribution >= 4 is 5.97 Å². The number of aliphatic carboxylic acids is 1. The van der Waals surface area contributed by atoms with E-state index in [4.69, 9.17) is 10.2 Å². The quantitative estimate of drug-likeness (QED) is 0.596. The minimum absolute atomic E-state index is 2.12. The molecule has 0 saturated carbocycles. The molecule has 0 aromatic heterocycles. The van der Waals surface area contributed by atoms with E-state index < -0.39 is 24.4 Å². The SMILES string of the molecule is O=C(O)C(F)(CO)C(F)(F)F. The van der Waals surface area contributed by atoms with Crippen LogP contribution < -0.4 is 0 Å².